The Hall–Kier alpha value is -2.51. The van der Waals surface area contributed by atoms with Crippen LogP contribution in [0.15, 0.2) is 59.6 Å². The molecule has 0 aliphatic rings. The lowest BCUT2D eigenvalue weighted by molar-refractivity contribution is -0.116. The van der Waals surface area contributed by atoms with E-state index < -0.39 is 17.8 Å². The van der Waals surface area contributed by atoms with E-state index in [2.05, 4.69) is 33.1 Å². The van der Waals surface area contributed by atoms with Gasteiger partial charge in [0.1, 0.15) is 5.82 Å². The van der Waals surface area contributed by atoms with Gasteiger partial charge < -0.3 is 15.7 Å². The highest BCUT2D eigenvalue weighted by Crippen LogP contribution is 2.21. The first-order valence-corrected chi connectivity index (χ1v) is 8.59. The summed E-state index contributed by atoms with van der Waals surface area (Å²) in [6, 6.07) is 10.3. The minimum Gasteiger partial charge on any atom is -0.394 e. The monoisotopic (exact) mass is 420 g/mol. The second-order valence-electron chi connectivity index (χ2n) is 5.50. The molecule has 0 heterocycles. The molecule has 0 spiro atoms. The van der Waals surface area contributed by atoms with Crippen molar-refractivity contribution in [2.45, 2.75) is 12.6 Å². The van der Waals surface area contributed by atoms with Gasteiger partial charge >= 0.3 is 0 Å². The fourth-order valence-electron chi connectivity index (χ4n) is 2.24. The summed E-state index contributed by atoms with van der Waals surface area (Å²) in [4.78, 5) is 23.5. The van der Waals surface area contributed by atoms with Gasteiger partial charge in [-0.15, -0.1) is 0 Å². The molecule has 0 saturated carbocycles. The second-order valence-corrected chi connectivity index (χ2v) is 6.36. The molecular weight excluding hydrogens is 403 g/mol. The Bertz CT molecular complexity index is 809. The number of nitrogens with one attached hydrogen (secondary N) is 2. The van der Waals surface area contributed by atoms with Gasteiger partial charge in [0.15, 0.2) is 0 Å². The van der Waals surface area contributed by atoms with Crippen molar-refractivity contribution in [2.75, 3.05) is 6.61 Å². The maximum absolute atomic E-state index is 13.7. The number of carbonyl (C=O) groups excluding carboxylic acids is 2. The normalized spacial score (nSPS) is 11.5. The number of halogens is 2. The first kappa shape index (κ1) is 19.8. The SMILES string of the molecule is C=CC(=O)NCc1ccc(C(=O)N[C@H](CO)c2ccc(Br)c(F)c2)cc1. The molecule has 2 aromatic rings. The highest BCUT2D eigenvalue weighted by atomic mass is 79.9. The number of aliphatic hydroxyl groups excluding tert-OH is 1. The summed E-state index contributed by atoms with van der Waals surface area (Å²) in [7, 11) is 0. The van der Waals surface area contributed by atoms with Gasteiger partial charge in [-0.2, -0.15) is 0 Å². The van der Waals surface area contributed by atoms with Crippen molar-refractivity contribution in [2.24, 2.45) is 0 Å². The summed E-state index contributed by atoms with van der Waals surface area (Å²) in [6.45, 7) is 3.33. The molecule has 0 aromatic heterocycles. The molecule has 0 bridgehead atoms. The summed E-state index contributed by atoms with van der Waals surface area (Å²) in [5, 5.41) is 14.8. The Morgan fingerprint density at radius 1 is 1.23 bits per heavy atom. The third kappa shape index (κ3) is 5.24. The van der Waals surface area contributed by atoms with E-state index in [1.54, 1.807) is 30.3 Å². The van der Waals surface area contributed by atoms with E-state index in [4.69, 9.17) is 0 Å². The molecule has 136 valence electrons. The van der Waals surface area contributed by atoms with Crippen LogP contribution in [0.25, 0.3) is 0 Å². The standard InChI is InChI=1S/C19H18BrFN2O3/c1-2-18(25)22-10-12-3-5-13(6-4-12)19(26)23-17(11-24)14-7-8-15(20)16(21)9-14/h2-9,17,24H,1,10-11H2,(H,22,25)(H,23,26)/t17-/m1/s1. The fourth-order valence-corrected chi connectivity index (χ4v) is 2.49. The lowest BCUT2D eigenvalue weighted by Gasteiger charge is -2.17. The number of hydrogen-bond acceptors (Lipinski definition) is 3. The van der Waals surface area contributed by atoms with Gasteiger partial charge in [-0.25, -0.2) is 4.39 Å². The quantitative estimate of drug-likeness (QED) is 0.602. The lowest BCUT2D eigenvalue weighted by Crippen LogP contribution is -2.30. The Morgan fingerprint density at radius 3 is 2.50 bits per heavy atom. The smallest absolute Gasteiger partial charge is 0.251 e. The number of amides is 2. The van der Waals surface area contributed by atoms with E-state index in [-0.39, 0.29) is 12.5 Å². The molecule has 0 saturated heterocycles. The van der Waals surface area contributed by atoms with Crippen molar-refractivity contribution >= 4 is 27.7 Å². The second kappa shape index (κ2) is 9.26. The predicted molar refractivity (Wildman–Crippen MR) is 99.9 cm³/mol. The van der Waals surface area contributed by atoms with E-state index in [0.717, 1.165) is 5.56 Å². The number of hydrogen-bond donors (Lipinski definition) is 3. The van der Waals surface area contributed by atoms with Gasteiger partial charge in [0.05, 0.1) is 17.1 Å². The molecule has 2 rings (SSSR count). The molecule has 1 atom stereocenters. The number of rotatable bonds is 7. The van der Waals surface area contributed by atoms with Crippen LogP contribution in [0.4, 0.5) is 4.39 Å². The molecule has 3 N–H and O–H groups in total. The van der Waals surface area contributed by atoms with E-state index in [1.165, 1.54) is 18.2 Å². The molecule has 0 unspecified atom stereocenters. The zero-order valence-corrected chi connectivity index (χ0v) is 15.4. The van der Waals surface area contributed by atoms with Gasteiger partial charge in [-0.1, -0.05) is 24.8 Å². The Kier molecular flexibility index (Phi) is 7.06. The molecule has 7 heteroatoms. The summed E-state index contributed by atoms with van der Waals surface area (Å²) >= 11 is 3.06. The highest BCUT2D eigenvalue weighted by molar-refractivity contribution is 9.10. The van der Waals surface area contributed by atoms with Crippen LogP contribution in [-0.2, 0) is 11.3 Å². The molecule has 0 radical (unpaired) electrons. The van der Waals surface area contributed by atoms with Crippen molar-refractivity contribution in [3.8, 4) is 0 Å². The summed E-state index contributed by atoms with van der Waals surface area (Å²) in [6.07, 6.45) is 1.18. The van der Waals surface area contributed by atoms with Crippen LogP contribution in [0.2, 0.25) is 0 Å². The zero-order valence-electron chi connectivity index (χ0n) is 13.8. The molecule has 5 nitrogen and oxygen atoms in total. The molecular formula is C19H18BrFN2O3. The minimum absolute atomic E-state index is 0.278. The van der Waals surface area contributed by atoms with Crippen molar-refractivity contribution in [3.63, 3.8) is 0 Å². The largest absolute Gasteiger partial charge is 0.394 e. The van der Waals surface area contributed by atoms with Crippen LogP contribution < -0.4 is 10.6 Å². The zero-order chi connectivity index (χ0) is 19.1. The van der Waals surface area contributed by atoms with Crippen molar-refractivity contribution in [1.82, 2.24) is 10.6 Å². The first-order chi connectivity index (χ1) is 12.4. The van der Waals surface area contributed by atoms with Crippen molar-refractivity contribution < 1.29 is 19.1 Å². The minimum atomic E-state index is -0.725. The Morgan fingerprint density at radius 2 is 1.92 bits per heavy atom. The Labute approximate surface area is 159 Å². The van der Waals surface area contributed by atoms with Crippen LogP contribution in [0.5, 0.6) is 0 Å². The van der Waals surface area contributed by atoms with E-state index in [0.29, 0.717) is 22.1 Å². The van der Waals surface area contributed by atoms with Gasteiger partial charge in [0.2, 0.25) is 5.91 Å². The van der Waals surface area contributed by atoms with Crippen molar-refractivity contribution in [1.29, 1.82) is 0 Å². The molecule has 0 fully saturated rings. The number of aliphatic hydroxyl groups is 1. The van der Waals surface area contributed by atoms with E-state index in [1.807, 2.05) is 0 Å². The van der Waals surface area contributed by atoms with E-state index in [9.17, 15) is 19.1 Å². The molecule has 26 heavy (non-hydrogen) atoms. The fraction of sp³-hybridized carbons (Fsp3) is 0.158. The van der Waals surface area contributed by atoms with Crippen LogP contribution in [0.1, 0.15) is 27.5 Å². The van der Waals surface area contributed by atoms with Gasteiger partial charge in [0, 0.05) is 12.1 Å². The molecule has 2 aromatic carbocycles. The third-order valence-electron chi connectivity index (χ3n) is 3.70. The predicted octanol–water partition coefficient (Wildman–Crippen LogP) is 2.85. The maximum Gasteiger partial charge on any atom is 0.251 e. The summed E-state index contributed by atoms with van der Waals surface area (Å²) in [5.41, 5.74) is 1.68. The summed E-state index contributed by atoms with van der Waals surface area (Å²) < 4.78 is 14.0. The van der Waals surface area contributed by atoms with Gasteiger partial charge in [0.25, 0.3) is 5.91 Å². The average Bonchev–Trinajstić information content (AvgIpc) is 2.66. The topological polar surface area (TPSA) is 78.4 Å². The van der Waals surface area contributed by atoms with Crippen LogP contribution >= 0.6 is 15.9 Å². The Balaban J connectivity index is 2.04. The highest BCUT2D eigenvalue weighted by Gasteiger charge is 2.16. The first-order valence-electron chi connectivity index (χ1n) is 7.80. The molecule has 0 aliphatic heterocycles. The average molecular weight is 421 g/mol. The number of carbonyl (C=O) groups is 2. The van der Waals surface area contributed by atoms with Crippen LogP contribution in [-0.4, -0.2) is 23.5 Å². The summed E-state index contributed by atoms with van der Waals surface area (Å²) in [5.74, 6) is -1.14. The van der Waals surface area contributed by atoms with Gasteiger partial charge in [-0.3, -0.25) is 9.59 Å². The van der Waals surface area contributed by atoms with E-state index >= 15 is 0 Å². The van der Waals surface area contributed by atoms with Crippen LogP contribution in [0.3, 0.4) is 0 Å². The maximum atomic E-state index is 13.7. The van der Waals surface area contributed by atoms with Gasteiger partial charge in [-0.05, 0) is 57.4 Å². The lowest BCUT2D eigenvalue weighted by atomic mass is 10.1. The molecule has 0 aliphatic carbocycles. The molecule has 2 amide bonds. The van der Waals surface area contributed by atoms with Crippen LogP contribution in [0, 0.1) is 5.82 Å². The van der Waals surface area contributed by atoms with Crippen molar-refractivity contribution in [3.05, 3.63) is 82.1 Å². The third-order valence-corrected chi connectivity index (χ3v) is 4.35. The number of benzene rings is 2.